The van der Waals surface area contributed by atoms with Crippen LogP contribution in [0.2, 0.25) is 0 Å². The Labute approximate surface area is 149 Å². The molecule has 1 fully saturated rings. The van der Waals surface area contributed by atoms with E-state index in [1.165, 1.54) is 5.56 Å². The second-order valence-electron chi connectivity index (χ2n) is 6.78. The summed E-state index contributed by atoms with van der Waals surface area (Å²) in [6, 6.07) is 18.0. The molecule has 0 radical (unpaired) electrons. The summed E-state index contributed by atoms with van der Waals surface area (Å²) in [6.45, 7) is 3.71. The molecule has 0 saturated carbocycles. The highest BCUT2D eigenvalue weighted by molar-refractivity contribution is 5.89. The van der Waals surface area contributed by atoms with Crippen LogP contribution in [-0.2, 0) is 22.7 Å². The molecule has 1 atom stereocenters. The first-order chi connectivity index (χ1) is 12.0. The molecule has 0 aromatic heterocycles. The van der Waals surface area contributed by atoms with Crippen molar-refractivity contribution in [1.82, 2.24) is 9.80 Å². The number of likely N-dealkylation sites (tertiary alicyclic amines) is 1. The van der Waals surface area contributed by atoms with Crippen molar-refractivity contribution in [1.29, 1.82) is 0 Å². The zero-order valence-electron chi connectivity index (χ0n) is 14.8. The molecule has 2 amide bonds. The van der Waals surface area contributed by atoms with Crippen molar-refractivity contribution in [3.8, 4) is 0 Å². The molecule has 0 aliphatic carbocycles. The van der Waals surface area contributed by atoms with Gasteiger partial charge in [0.2, 0.25) is 11.8 Å². The summed E-state index contributed by atoms with van der Waals surface area (Å²) in [5.41, 5.74) is 3.41. The summed E-state index contributed by atoms with van der Waals surface area (Å²) in [5, 5.41) is 0. The lowest BCUT2D eigenvalue weighted by Gasteiger charge is -2.22. The minimum atomic E-state index is -0.245. The van der Waals surface area contributed by atoms with Crippen molar-refractivity contribution >= 4 is 11.8 Å². The average molecular weight is 336 g/mol. The quantitative estimate of drug-likeness (QED) is 0.842. The maximum Gasteiger partial charge on any atom is 0.228 e. The third kappa shape index (κ3) is 4.08. The normalized spacial score (nSPS) is 17.0. The Kier molecular flexibility index (Phi) is 5.17. The van der Waals surface area contributed by atoms with Crippen LogP contribution in [-0.4, -0.2) is 35.2 Å². The fraction of sp³-hybridized carbons (Fsp3) is 0.333. The molecule has 2 aromatic rings. The van der Waals surface area contributed by atoms with E-state index in [-0.39, 0.29) is 17.7 Å². The van der Waals surface area contributed by atoms with Crippen molar-refractivity contribution < 1.29 is 9.59 Å². The number of rotatable bonds is 5. The molecule has 2 aromatic carbocycles. The van der Waals surface area contributed by atoms with Crippen LogP contribution in [0.4, 0.5) is 0 Å². The molecule has 1 saturated heterocycles. The van der Waals surface area contributed by atoms with Gasteiger partial charge in [-0.1, -0.05) is 54.6 Å². The Hall–Kier alpha value is -2.62. The minimum Gasteiger partial charge on any atom is -0.341 e. The Bertz CT molecular complexity index is 758. The van der Waals surface area contributed by atoms with Gasteiger partial charge in [-0.2, -0.15) is 0 Å². The van der Waals surface area contributed by atoms with Gasteiger partial charge in [0.05, 0.1) is 5.92 Å². The minimum absolute atomic E-state index is 0.0483. The molecule has 4 nitrogen and oxygen atoms in total. The van der Waals surface area contributed by atoms with Crippen LogP contribution in [0.15, 0.2) is 54.6 Å². The maximum atomic E-state index is 12.8. The monoisotopic (exact) mass is 336 g/mol. The van der Waals surface area contributed by atoms with Crippen LogP contribution in [0.1, 0.15) is 23.1 Å². The smallest absolute Gasteiger partial charge is 0.228 e. The summed E-state index contributed by atoms with van der Waals surface area (Å²) in [5.74, 6) is -0.135. The first-order valence-corrected chi connectivity index (χ1v) is 8.66. The topological polar surface area (TPSA) is 40.6 Å². The highest BCUT2D eigenvalue weighted by atomic mass is 16.2. The third-order valence-electron chi connectivity index (χ3n) is 4.82. The number of aryl methyl sites for hydroxylation is 1. The van der Waals surface area contributed by atoms with E-state index < -0.39 is 0 Å². The van der Waals surface area contributed by atoms with Crippen LogP contribution in [0.3, 0.4) is 0 Å². The SMILES string of the molecule is Cc1ccccc1CN(C)C(=O)[C@H]1CC(=O)N(Cc2ccccc2)C1. The Balaban J connectivity index is 1.61. The standard InChI is InChI=1S/C21H24N2O2/c1-16-8-6-7-11-18(16)14-22(2)21(25)19-12-20(24)23(15-19)13-17-9-4-3-5-10-17/h3-11,19H,12-15H2,1-2H3/t19-/m0/s1. The van der Waals surface area contributed by atoms with Crippen molar-refractivity contribution in [3.05, 3.63) is 71.3 Å². The fourth-order valence-corrected chi connectivity index (χ4v) is 3.33. The predicted octanol–water partition coefficient (Wildman–Crippen LogP) is 3.00. The molecule has 1 aliphatic heterocycles. The van der Waals surface area contributed by atoms with Crippen LogP contribution in [0.5, 0.6) is 0 Å². The predicted molar refractivity (Wildman–Crippen MR) is 97.6 cm³/mol. The molecule has 130 valence electrons. The number of hydrogen-bond acceptors (Lipinski definition) is 2. The zero-order chi connectivity index (χ0) is 17.8. The average Bonchev–Trinajstić information content (AvgIpc) is 2.98. The van der Waals surface area contributed by atoms with E-state index in [0.29, 0.717) is 26.1 Å². The summed E-state index contributed by atoms with van der Waals surface area (Å²) < 4.78 is 0. The van der Waals surface area contributed by atoms with Crippen molar-refractivity contribution in [2.24, 2.45) is 5.92 Å². The molecule has 0 spiro atoms. The highest BCUT2D eigenvalue weighted by Crippen LogP contribution is 2.23. The van der Waals surface area contributed by atoms with E-state index >= 15 is 0 Å². The third-order valence-corrected chi connectivity index (χ3v) is 4.82. The maximum absolute atomic E-state index is 12.8. The van der Waals surface area contributed by atoms with Crippen LogP contribution in [0, 0.1) is 12.8 Å². The van der Waals surface area contributed by atoms with E-state index in [2.05, 4.69) is 0 Å². The second-order valence-corrected chi connectivity index (χ2v) is 6.78. The van der Waals surface area contributed by atoms with Crippen molar-refractivity contribution in [2.75, 3.05) is 13.6 Å². The lowest BCUT2D eigenvalue weighted by atomic mass is 10.1. The Morgan fingerprint density at radius 1 is 1.12 bits per heavy atom. The van der Waals surface area contributed by atoms with Crippen LogP contribution < -0.4 is 0 Å². The van der Waals surface area contributed by atoms with Gasteiger partial charge in [-0.05, 0) is 23.6 Å². The fourth-order valence-electron chi connectivity index (χ4n) is 3.33. The molecule has 0 unspecified atom stereocenters. The molecule has 25 heavy (non-hydrogen) atoms. The van der Waals surface area contributed by atoms with Gasteiger partial charge >= 0.3 is 0 Å². The molecule has 1 aliphatic rings. The van der Waals surface area contributed by atoms with Crippen LogP contribution in [0.25, 0.3) is 0 Å². The molecule has 0 N–H and O–H groups in total. The molecule has 4 heteroatoms. The van der Waals surface area contributed by atoms with E-state index in [1.807, 2.05) is 68.6 Å². The first-order valence-electron chi connectivity index (χ1n) is 8.66. The van der Waals surface area contributed by atoms with Crippen molar-refractivity contribution in [2.45, 2.75) is 26.4 Å². The summed E-state index contributed by atoms with van der Waals surface area (Å²) >= 11 is 0. The number of carbonyl (C=O) groups excluding carboxylic acids is 2. The molecule has 1 heterocycles. The van der Waals surface area contributed by atoms with E-state index in [0.717, 1.165) is 11.1 Å². The number of hydrogen-bond donors (Lipinski definition) is 0. The number of carbonyl (C=O) groups is 2. The summed E-state index contributed by atoms with van der Waals surface area (Å²) in [4.78, 5) is 28.6. The van der Waals surface area contributed by atoms with Crippen molar-refractivity contribution in [3.63, 3.8) is 0 Å². The first kappa shape index (κ1) is 17.2. The van der Waals surface area contributed by atoms with Gasteiger partial charge in [0, 0.05) is 33.1 Å². The number of amides is 2. The van der Waals surface area contributed by atoms with Gasteiger partial charge in [-0.25, -0.2) is 0 Å². The zero-order valence-corrected chi connectivity index (χ0v) is 14.8. The lowest BCUT2D eigenvalue weighted by Crippen LogP contribution is -2.34. The Morgan fingerprint density at radius 2 is 1.80 bits per heavy atom. The van der Waals surface area contributed by atoms with Gasteiger partial charge in [0.15, 0.2) is 0 Å². The highest BCUT2D eigenvalue weighted by Gasteiger charge is 2.35. The Morgan fingerprint density at radius 3 is 2.52 bits per heavy atom. The molecule has 0 bridgehead atoms. The number of nitrogens with zero attached hydrogens (tertiary/aromatic N) is 2. The molecule has 3 rings (SSSR count). The number of benzene rings is 2. The van der Waals surface area contributed by atoms with Crippen LogP contribution >= 0.6 is 0 Å². The lowest BCUT2D eigenvalue weighted by molar-refractivity contribution is -0.135. The van der Waals surface area contributed by atoms with Gasteiger partial charge in [-0.15, -0.1) is 0 Å². The van der Waals surface area contributed by atoms with Gasteiger partial charge in [0.1, 0.15) is 0 Å². The second kappa shape index (κ2) is 7.51. The molecular formula is C21H24N2O2. The molecular weight excluding hydrogens is 312 g/mol. The van der Waals surface area contributed by atoms with Gasteiger partial charge in [-0.3, -0.25) is 9.59 Å². The van der Waals surface area contributed by atoms with E-state index in [9.17, 15) is 9.59 Å². The van der Waals surface area contributed by atoms with E-state index in [1.54, 1.807) is 9.80 Å². The van der Waals surface area contributed by atoms with Gasteiger partial charge < -0.3 is 9.80 Å². The van der Waals surface area contributed by atoms with Gasteiger partial charge in [0.25, 0.3) is 0 Å². The largest absolute Gasteiger partial charge is 0.341 e. The summed E-state index contributed by atoms with van der Waals surface area (Å²) in [7, 11) is 1.82. The van der Waals surface area contributed by atoms with E-state index in [4.69, 9.17) is 0 Å². The summed E-state index contributed by atoms with van der Waals surface area (Å²) in [6.07, 6.45) is 0.309.